The van der Waals surface area contributed by atoms with E-state index in [1.807, 2.05) is 12.1 Å². The molecule has 4 rings (SSSR count). The molecule has 0 unspecified atom stereocenters. The lowest BCUT2D eigenvalue weighted by Gasteiger charge is -2.07. The van der Waals surface area contributed by atoms with Crippen LogP contribution in [0, 0.1) is 10.1 Å². The fourth-order valence-electron chi connectivity index (χ4n) is 3.28. The lowest BCUT2D eigenvalue weighted by atomic mass is 10.1. The molecule has 0 saturated heterocycles. The number of nitro benzene ring substituents is 1. The van der Waals surface area contributed by atoms with Crippen molar-refractivity contribution in [3.63, 3.8) is 0 Å². The van der Waals surface area contributed by atoms with E-state index in [0.29, 0.717) is 21.7 Å². The molecule has 3 aromatic carbocycles. The second-order valence-corrected chi connectivity index (χ2v) is 7.75. The second kappa shape index (κ2) is 9.15. The summed E-state index contributed by atoms with van der Waals surface area (Å²) in [6.07, 6.45) is 3.33. The van der Waals surface area contributed by atoms with Crippen LogP contribution < -0.4 is 5.32 Å². The molecule has 0 aliphatic heterocycles. The SMILES string of the molecule is CCCCc1ccc(-n2nc3cc(Cl)c(NC(=O)c4cccc([N+](=O)[O-])c4)cc3n2)cc1. The summed E-state index contributed by atoms with van der Waals surface area (Å²) in [4.78, 5) is 24.5. The summed E-state index contributed by atoms with van der Waals surface area (Å²) in [6, 6.07) is 16.8. The number of non-ortho nitro benzene ring substituents is 1. The minimum absolute atomic E-state index is 0.155. The van der Waals surface area contributed by atoms with Crippen molar-refractivity contribution in [1.82, 2.24) is 15.0 Å². The number of carbonyl (C=O) groups excluding carboxylic acids is 1. The number of unbranched alkanes of at least 4 members (excludes halogenated alkanes) is 1. The van der Waals surface area contributed by atoms with Crippen molar-refractivity contribution >= 4 is 39.9 Å². The van der Waals surface area contributed by atoms with Crippen LogP contribution in [0.4, 0.5) is 11.4 Å². The van der Waals surface area contributed by atoms with Crippen LogP contribution in [0.25, 0.3) is 16.7 Å². The van der Waals surface area contributed by atoms with E-state index < -0.39 is 10.8 Å². The number of nitrogens with one attached hydrogen (secondary N) is 1. The average Bonchev–Trinajstić information content (AvgIpc) is 3.21. The molecule has 0 saturated carbocycles. The van der Waals surface area contributed by atoms with Gasteiger partial charge in [0.25, 0.3) is 11.6 Å². The number of amides is 1. The molecule has 32 heavy (non-hydrogen) atoms. The smallest absolute Gasteiger partial charge is 0.270 e. The topological polar surface area (TPSA) is 103 Å². The van der Waals surface area contributed by atoms with E-state index in [4.69, 9.17) is 11.6 Å². The molecule has 0 bridgehead atoms. The molecule has 1 aromatic heterocycles. The average molecular weight is 450 g/mol. The van der Waals surface area contributed by atoms with Gasteiger partial charge in [0, 0.05) is 17.7 Å². The fraction of sp³-hybridized carbons (Fsp3) is 0.174. The van der Waals surface area contributed by atoms with Crippen molar-refractivity contribution in [3.8, 4) is 5.69 Å². The number of nitro groups is 1. The van der Waals surface area contributed by atoms with Crippen LogP contribution in [0.5, 0.6) is 0 Å². The van der Waals surface area contributed by atoms with E-state index in [1.165, 1.54) is 34.6 Å². The summed E-state index contributed by atoms with van der Waals surface area (Å²) in [5, 5.41) is 22.9. The maximum absolute atomic E-state index is 12.6. The zero-order valence-electron chi connectivity index (χ0n) is 17.3. The Balaban J connectivity index is 1.58. The van der Waals surface area contributed by atoms with Gasteiger partial charge in [-0.1, -0.05) is 43.1 Å². The fourth-order valence-corrected chi connectivity index (χ4v) is 3.49. The minimum atomic E-state index is -0.551. The molecular weight excluding hydrogens is 430 g/mol. The van der Waals surface area contributed by atoms with E-state index >= 15 is 0 Å². The number of carbonyl (C=O) groups is 1. The Bertz CT molecular complexity index is 1300. The Labute approximate surface area is 189 Å². The molecule has 9 heteroatoms. The van der Waals surface area contributed by atoms with Gasteiger partial charge in [-0.05, 0) is 48.7 Å². The number of aryl methyl sites for hydroxylation is 1. The quantitative estimate of drug-likeness (QED) is 0.293. The third kappa shape index (κ3) is 4.60. The number of nitrogens with zero attached hydrogens (tertiary/aromatic N) is 4. The van der Waals surface area contributed by atoms with E-state index in [1.54, 1.807) is 12.1 Å². The molecule has 8 nitrogen and oxygen atoms in total. The van der Waals surface area contributed by atoms with Gasteiger partial charge in [-0.3, -0.25) is 14.9 Å². The highest BCUT2D eigenvalue weighted by Crippen LogP contribution is 2.28. The summed E-state index contributed by atoms with van der Waals surface area (Å²) < 4.78 is 0. The standard InChI is InChI=1S/C23H20ClN5O3/c1-2-3-5-15-8-10-17(11-9-15)28-26-21-13-19(24)20(14-22(21)27-28)25-23(30)16-6-4-7-18(12-16)29(31)32/h4,6-14H,2-3,5H2,1H3,(H,25,30). The highest BCUT2D eigenvalue weighted by atomic mass is 35.5. The van der Waals surface area contributed by atoms with Crippen molar-refractivity contribution in [2.24, 2.45) is 0 Å². The second-order valence-electron chi connectivity index (χ2n) is 7.34. The lowest BCUT2D eigenvalue weighted by Crippen LogP contribution is -2.12. The van der Waals surface area contributed by atoms with Crippen molar-refractivity contribution in [3.05, 3.63) is 86.9 Å². The first-order valence-electron chi connectivity index (χ1n) is 10.2. The summed E-state index contributed by atoms with van der Waals surface area (Å²) in [6.45, 7) is 2.17. The van der Waals surface area contributed by atoms with Gasteiger partial charge >= 0.3 is 0 Å². The Morgan fingerprint density at radius 2 is 1.81 bits per heavy atom. The van der Waals surface area contributed by atoms with Crippen LogP contribution in [0.2, 0.25) is 5.02 Å². The first-order valence-corrected chi connectivity index (χ1v) is 10.5. The Kier molecular flexibility index (Phi) is 6.13. The summed E-state index contributed by atoms with van der Waals surface area (Å²) in [7, 11) is 0. The van der Waals surface area contributed by atoms with Crippen molar-refractivity contribution in [2.45, 2.75) is 26.2 Å². The van der Waals surface area contributed by atoms with Crippen LogP contribution in [0.1, 0.15) is 35.7 Å². The first-order chi connectivity index (χ1) is 15.4. The maximum Gasteiger partial charge on any atom is 0.270 e. The molecule has 0 aliphatic carbocycles. The summed E-state index contributed by atoms with van der Waals surface area (Å²) in [5.41, 5.74) is 3.56. The molecule has 1 amide bonds. The van der Waals surface area contributed by atoms with Crippen molar-refractivity contribution in [1.29, 1.82) is 0 Å². The van der Waals surface area contributed by atoms with E-state index in [0.717, 1.165) is 24.9 Å². The van der Waals surface area contributed by atoms with Gasteiger partial charge in [-0.15, -0.1) is 10.2 Å². The van der Waals surface area contributed by atoms with Crippen LogP contribution in [-0.2, 0) is 6.42 Å². The number of hydrogen-bond donors (Lipinski definition) is 1. The van der Waals surface area contributed by atoms with E-state index in [2.05, 4.69) is 34.6 Å². The normalized spacial score (nSPS) is 10.9. The van der Waals surface area contributed by atoms with Gasteiger partial charge in [0.05, 0.1) is 21.3 Å². The van der Waals surface area contributed by atoms with Gasteiger partial charge in [0.1, 0.15) is 11.0 Å². The van der Waals surface area contributed by atoms with Gasteiger partial charge < -0.3 is 5.32 Å². The highest BCUT2D eigenvalue weighted by molar-refractivity contribution is 6.34. The summed E-state index contributed by atoms with van der Waals surface area (Å²) in [5.74, 6) is -0.509. The number of rotatable bonds is 7. The predicted octanol–water partition coefficient (Wildman–Crippen LogP) is 5.58. The van der Waals surface area contributed by atoms with Crippen LogP contribution in [0.15, 0.2) is 60.7 Å². The van der Waals surface area contributed by atoms with Crippen molar-refractivity contribution in [2.75, 3.05) is 5.32 Å². The van der Waals surface area contributed by atoms with Gasteiger partial charge in [-0.2, -0.15) is 4.80 Å². The van der Waals surface area contributed by atoms with Crippen molar-refractivity contribution < 1.29 is 9.72 Å². The number of anilines is 1. The molecule has 1 N–H and O–H groups in total. The largest absolute Gasteiger partial charge is 0.321 e. The lowest BCUT2D eigenvalue weighted by molar-refractivity contribution is -0.384. The third-order valence-corrected chi connectivity index (χ3v) is 5.34. The molecule has 0 spiro atoms. The van der Waals surface area contributed by atoms with Gasteiger partial charge in [-0.25, -0.2) is 0 Å². The molecular formula is C23H20ClN5O3. The third-order valence-electron chi connectivity index (χ3n) is 5.02. The number of benzene rings is 3. The molecule has 0 atom stereocenters. The first kappa shape index (κ1) is 21.5. The predicted molar refractivity (Wildman–Crippen MR) is 124 cm³/mol. The van der Waals surface area contributed by atoms with E-state index in [9.17, 15) is 14.9 Å². The van der Waals surface area contributed by atoms with Crippen LogP contribution in [-0.4, -0.2) is 25.8 Å². The molecule has 4 aromatic rings. The molecule has 0 fully saturated rings. The summed E-state index contributed by atoms with van der Waals surface area (Å²) >= 11 is 6.34. The number of halogens is 1. The van der Waals surface area contributed by atoms with Crippen LogP contribution >= 0.6 is 11.6 Å². The van der Waals surface area contributed by atoms with E-state index in [-0.39, 0.29) is 11.3 Å². The Morgan fingerprint density at radius 3 is 2.50 bits per heavy atom. The number of hydrogen-bond acceptors (Lipinski definition) is 5. The molecule has 0 radical (unpaired) electrons. The van der Waals surface area contributed by atoms with Gasteiger partial charge in [0.15, 0.2) is 0 Å². The minimum Gasteiger partial charge on any atom is -0.321 e. The Morgan fingerprint density at radius 1 is 1.09 bits per heavy atom. The maximum atomic E-state index is 12.6. The Hall–Kier alpha value is -3.78. The molecule has 1 heterocycles. The number of fused-ring (bicyclic) bond motifs is 1. The zero-order valence-corrected chi connectivity index (χ0v) is 18.0. The molecule has 162 valence electrons. The highest BCUT2D eigenvalue weighted by Gasteiger charge is 2.15. The van der Waals surface area contributed by atoms with Crippen LogP contribution in [0.3, 0.4) is 0 Å². The molecule has 0 aliphatic rings. The zero-order chi connectivity index (χ0) is 22.7. The van der Waals surface area contributed by atoms with Gasteiger partial charge in [0.2, 0.25) is 0 Å². The monoisotopic (exact) mass is 449 g/mol. The number of aromatic nitrogens is 3.